The maximum absolute atomic E-state index is 8.47. The summed E-state index contributed by atoms with van der Waals surface area (Å²) in [7, 11) is 0. The number of hydrogen-bond donors (Lipinski definition) is 2. The van der Waals surface area contributed by atoms with E-state index in [0.29, 0.717) is 18.8 Å². The van der Waals surface area contributed by atoms with Crippen molar-refractivity contribution in [3.8, 4) is 0 Å². The van der Waals surface area contributed by atoms with Crippen molar-refractivity contribution in [1.82, 2.24) is 5.32 Å². The minimum Gasteiger partial charge on any atom is -0.395 e. The highest BCUT2D eigenvalue weighted by Crippen LogP contribution is 2.25. The second-order valence-electron chi connectivity index (χ2n) is 2.93. The Morgan fingerprint density at radius 2 is 2.27 bits per heavy atom. The fraction of sp³-hybridized carbons (Fsp3) is 1.00. The Morgan fingerprint density at radius 1 is 1.45 bits per heavy atom. The SMILES string of the molecule is CCCC1OC1CNCCO. The lowest BCUT2D eigenvalue weighted by molar-refractivity contribution is 0.288. The van der Waals surface area contributed by atoms with Crippen LogP contribution in [0, 0.1) is 0 Å². The van der Waals surface area contributed by atoms with Gasteiger partial charge in [-0.25, -0.2) is 0 Å². The molecule has 0 aromatic rings. The predicted octanol–water partition coefficient (Wildman–Crippen LogP) is 0.136. The summed E-state index contributed by atoms with van der Waals surface area (Å²) in [6.07, 6.45) is 3.28. The first kappa shape index (κ1) is 8.97. The number of hydrogen-bond acceptors (Lipinski definition) is 3. The van der Waals surface area contributed by atoms with Crippen LogP contribution in [-0.4, -0.2) is 37.0 Å². The average molecular weight is 159 g/mol. The van der Waals surface area contributed by atoms with Gasteiger partial charge in [0.05, 0.1) is 18.8 Å². The summed E-state index contributed by atoms with van der Waals surface area (Å²) in [5, 5.41) is 11.6. The van der Waals surface area contributed by atoms with Crippen LogP contribution in [0.5, 0.6) is 0 Å². The van der Waals surface area contributed by atoms with E-state index in [1.54, 1.807) is 0 Å². The Hall–Kier alpha value is -0.120. The normalized spacial score (nSPS) is 28.9. The van der Waals surface area contributed by atoms with Crippen molar-refractivity contribution in [3.05, 3.63) is 0 Å². The molecule has 3 heteroatoms. The summed E-state index contributed by atoms with van der Waals surface area (Å²) in [5.41, 5.74) is 0. The molecule has 3 nitrogen and oxygen atoms in total. The lowest BCUT2D eigenvalue weighted by Crippen LogP contribution is -2.23. The molecular formula is C8H17NO2. The number of ether oxygens (including phenoxy) is 1. The van der Waals surface area contributed by atoms with E-state index >= 15 is 0 Å². The van der Waals surface area contributed by atoms with E-state index in [0.717, 1.165) is 6.54 Å². The average Bonchev–Trinajstić information content (AvgIpc) is 2.70. The van der Waals surface area contributed by atoms with Gasteiger partial charge in [0.15, 0.2) is 0 Å². The molecule has 0 aromatic heterocycles. The summed E-state index contributed by atoms with van der Waals surface area (Å²) in [6, 6.07) is 0. The van der Waals surface area contributed by atoms with Crippen molar-refractivity contribution in [2.75, 3.05) is 19.7 Å². The molecule has 0 radical (unpaired) electrons. The first-order chi connectivity index (χ1) is 5.38. The summed E-state index contributed by atoms with van der Waals surface area (Å²) in [4.78, 5) is 0. The lowest BCUT2D eigenvalue weighted by Gasteiger charge is -1.96. The quantitative estimate of drug-likeness (QED) is 0.428. The molecule has 0 bridgehead atoms. The smallest absolute Gasteiger partial charge is 0.0965 e. The molecule has 2 N–H and O–H groups in total. The molecule has 1 saturated heterocycles. The summed E-state index contributed by atoms with van der Waals surface area (Å²) in [6.45, 7) is 3.95. The molecule has 0 aliphatic carbocycles. The standard InChI is InChI=1S/C8H17NO2/c1-2-3-7-8(11-7)6-9-4-5-10/h7-10H,2-6H2,1H3. The molecule has 1 fully saturated rings. The van der Waals surface area contributed by atoms with Crippen molar-refractivity contribution in [2.45, 2.75) is 32.0 Å². The monoisotopic (exact) mass is 159 g/mol. The third-order valence-electron chi connectivity index (χ3n) is 1.89. The Kier molecular flexibility index (Phi) is 3.83. The van der Waals surface area contributed by atoms with Gasteiger partial charge in [-0.05, 0) is 6.42 Å². The maximum atomic E-state index is 8.47. The van der Waals surface area contributed by atoms with Gasteiger partial charge in [0, 0.05) is 13.1 Å². The predicted molar refractivity (Wildman–Crippen MR) is 43.5 cm³/mol. The molecule has 0 aromatic carbocycles. The highest BCUT2D eigenvalue weighted by Gasteiger charge is 2.36. The zero-order valence-corrected chi connectivity index (χ0v) is 7.05. The third-order valence-corrected chi connectivity index (χ3v) is 1.89. The molecule has 11 heavy (non-hydrogen) atoms. The third kappa shape index (κ3) is 3.18. The van der Waals surface area contributed by atoms with Crippen LogP contribution in [-0.2, 0) is 4.74 Å². The molecule has 2 unspecified atom stereocenters. The number of aliphatic hydroxyl groups excluding tert-OH is 1. The molecule has 1 heterocycles. The second-order valence-corrected chi connectivity index (χ2v) is 2.93. The highest BCUT2D eigenvalue weighted by atomic mass is 16.6. The van der Waals surface area contributed by atoms with Gasteiger partial charge >= 0.3 is 0 Å². The Labute approximate surface area is 67.7 Å². The molecular weight excluding hydrogens is 142 g/mol. The number of nitrogens with one attached hydrogen (secondary N) is 1. The van der Waals surface area contributed by atoms with E-state index in [1.165, 1.54) is 12.8 Å². The zero-order valence-electron chi connectivity index (χ0n) is 7.05. The molecule has 1 rings (SSSR count). The van der Waals surface area contributed by atoms with Gasteiger partial charge in [0.2, 0.25) is 0 Å². The van der Waals surface area contributed by atoms with Crippen LogP contribution in [0.3, 0.4) is 0 Å². The lowest BCUT2D eigenvalue weighted by atomic mass is 10.2. The van der Waals surface area contributed by atoms with Crippen LogP contribution in [0.1, 0.15) is 19.8 Å². The van der Waals surface area contributed by atoms with Gasteiger partial charge in [0.1, 0.15) is 0 Å². The van der Waals surface area contributed by atoms with Crippen molar-refractivity contribution in [2.24, 2.45) is 0 Å². The van der Waals surface area contributed by atoms with Gasteiger partial charge < -0.3 is 15.2 Å². The molecule has 2 atom stereocenters. The molecule has 66 valence electrons. The summed E-state index contributed by atoms with van der Waals surface area (Å²) in [5.74, 6) is 0. The molecule has 1 aliphatic heterocycles. The zero-order chi connectivity index (χ0) is 8.10. The van der Waals surface area contributed by atoms with E-state index in [9.17, 15) is 0 Å². The van der Waals surface area contributed by atoms with Crippen LogP contribution in [0.15, 0.2) is 0 Å². The van der Waals surface area contributed by atoms with Gasteiger partial charge in [-0.3, -0.25) is 0 Å². The summed E-state index contributed by atoms with van der Waals surface area (Å²) >= 11 is 0. The minimum absolute atomic E-state index is 0.213. The van der Waals surface area contributed by atoms with E-state index in [4.69, 9.17) is 9.84 Å². The highest BCUT2D eigenvalue weighted by molar-refractivity contribution is 4.85. The van der Waals surface area contributed by atoms with Crippen molar-refractivity contribution >= 4 is 0 Å². The van der Waals surface area contributed by atoms with Crippen LogP contribution in [0.4, 0.5) is 0 Å². The fourth-order valence-electron chi connectivity index (χ4n) is 1.22. The van der Waals surface area contributed by atoms with Crippen molar-refractivity contribution in [1.29, 1.82) is 0 Å². The molecule has 0 saturated carbocycles. The van der Waals surface area contributed by atoms with Crippen molar-refractivity contribution < 1.29 is 9.84 Å². The topological polar surface area (TPSA) is 44.8 Å². The van der Waals surface area contributed by atoms with Gasteiger partial charge in [0.25, 0.3) is 0 Å². The fourth-order valence-corrected chi connectivity index (χ4v) is 1.22. The van der Waals surface area contributed by atoms with E-state index in [-0.39, 0.29) is 6.61 Å². The van der Waals surface area contributed by atoms with Gasteiger partial charge in [-0.15, -0.1) is 0 Å². The van der Waals surface area contributed by atoms with Crippen LogP contribution >= 0.6 is 0 Å². The van der Waals surface area contributed by atoms with Gasteiger partial charge in [-0.1, -0.05) is 13.3 Å². The molecule has 0 spiro atoms. The molecule has 1 aliphatic rings. The Bertz CT molecular complexity index is 108. The van der Waals surface area contributed by atoms with Gasteiger partial charge in [-0.2, -0.15) is 0 Å². The van der Waals surface area contributed by atoms with Crippen LogP contribution < -0.4 is 5.32 Å². The van der Waals surface area contributed by atoms with E-state index in [1.807, 2.05) is 0 Å². The Morgan fingerprint density at radius 3 is 2.91 bits per heavy atom. The number of aliphatic hydroxyl groups is 1. The first-order valence-corrected chi connectivity index (χ1v) is 4.35. The second kappa shape index (κ2) is 4.70. The maximum Gasteiger partial charge on any atom is 0.0965 e. The minimum atomic E-state index is 0.213. The number of epoxide rings is 1. The Balaban J connectivity index is 1.87. The largest absolute Gasteiger partial charge is 0.395 e. The molecule has 0 amide bonds. The van der Waals surface area contributed by atoms with Crippen molar-refractivity contribution in [3.63, 3.8) is 0 Å². The number of rotatable bonds is 6. The first-order valence-electron chi connectivity index (χ1n) is 4.35. The summed E-state index contributed by atoms with van der Waals surface area (Å²) < 4.78 is 5.36. The van der Waals surface area contributed by atoms with E-state index in [2.05, 4.69) is 12.2 Å². The van der Waals surface area contributed by atoms with Crippen LogP contribution in [0.2, 0.25) is 0 Å². The van der Waals surface area contributed by atoms with E-state index < -0.39 is 0 Å². The van der Waals surface area contributed by atoms with Crippen LogP contribution in [0.25, 0.3) is 0 Å².